The molecule has 3 nitrogen and oxygen atoms in total. The standard InChI is InChI=1S/C11H11FO3/c1-8(13)10(12)11(14)15-7-9-5-3-2-4-6-9/h2-6,10H,7H2,1H3. The molecule has 0 aromatic heterocycles. The van der Waals surface area contributed by atoms with Gasteiger partial charge in [0.15, 0.2) is 5.78 Å². The minimum atomic E-state index is -2.17. The molecule has 4 heteroatoms. The summed E-state index contributed by atoms with van der Waals surface area (Å²) in [5, 5.41) is 0. The van der Waals surface area contributed by atoms with Crippen LogP contribution in [0.4, 0.5) is 4.39 Å². The third-order valence-electron chi connectivity index (χ3n) is 1.79. The molecule has 0 aliphatic rings. The van der Waals surface area contributed by atoms with Crippen molar-refractivity contribution in [1.82, 2.24) is 0 Å². The molecule has 80 valence electrons. The van der Waals surface area contributed by atoms with Gasteiger partial charge in [-0.3, -0.25) is 4.79 Å². The number of hydrogen-bond acceptors (Lipinski definition) is 3. The molecule has 0 heterocycles. The first-order valence-corrected chi connectivity index (χ1v) is 4.46. The lowest BCUT2D eigenvalue weighted by Gasteiger charge is -2.05. The molecule has 0 saturated heterocycles. The zero-order chi connectivity index (χ0) is 11.3. The van der Waals surface area contributed by atoms with E-state index < -0.39 is 17.9 Å². The largest absolute Gasteiger partial charge is 0.458 e. The first kappa shape index (κ1) is 11.4. The predicted molar refractivity (Wildman–Crippen MR) is 51.8 cm³/mol. The summed E-state index contributed by atoms with van der Waals surface area (Å²) in [5.41, 5.74) is 0.751. The molecule has 15 heavy (non-hydrogen) atoms. The van der Waals surface area contributed by atoms with Crippen LogP contribution in [0.1, 0.15) is 12.5 Å². The van der Waals surface area contributed by atoms with Crippen LogP contribution < -0.4 is 0 Å². The molecule has 0 saturated carbocycles. The van der Waals surface area contributed by atoms with E-state index in [0.29, 0.717) is 0 Å². The van der Waals surface area contributed by atoms with Crippen molar-refractivity contribution in [3.8, 4) is 0 Å². The molecule has 0 amide bonds. The third kappa shape index (κ3) is 3.50. The van der Waals surface area contributed by atoms with Crippen LogP contribution >= 0.6 is 0 Å². The van der Waals surface area contributed by atoms with E-state index >= 15 is 0 Å². The van der Waals surface area contributed by atoms with Gasteiger partial charge in [-0.1, -0.05) is 30.3 Å². The summed E-state index contributed by atoms with van der Waals surface area (Å²) in [7, 11) is 0. The third-order valence-corrected chi connectivity index (χ3v) is 1.79. The summed E-state index contributed by atoms with van der Waals surface area (Å²) >= 11 is 0. The zero-order valence-corrected chi connectivity index (χ0v) is 8.27. The second-order valence-electron chi connectivity index (χ2n) is 3.07. The fourth-order valence-electron chi connectivity index (χ4n) is 0.968. The summed E-state index contributed by atoms with van der Waals surface area (Å²) in [6.45, 7) is 0.988. The number of Topliss-reactive ketones (excluding diaryl/α,β-unsaturated/α-hetero) is 1. The Kier molecular flexibility index (Phi) is 3.97. The zero-order valence-electron chi connectivity index (χ0n) is 8.27. The normalized spacial score (nSPS) is 11.9. The number of ether oxygens (including phenoxy) is 1. The SMILES string of the molecule is CC(=O)C(F)C(=O)OCc1ccccc1. The summed E-state index contributed by atoms with van der Waals surface area (Å²) in [5.74, 6) is -1.97. The Morgan fingerprint density at radius 3 is 2.47 bits per heavy atom. The van der Waals surface area contributed by atoms with Crippen molar-refractivity contribution in [3.63, 3.8) is 0 Å². The number of rotatable bonds is 4. The van der Waals surface area contributed by atoms with E-state index in [1.165, 1.54) is 0 Å². The van der Waals surface area contributed by atoms with Crippen LogP contribution in [0.5, 0.6) is 0 Å². The van der Waals surface area contributed by atoms with Crippen LogP contribution in [0.2, 0.25) is 0 Å². The number of hydrogen-bond donors (Lipinski definition) is 0. The van der Waals surface area contributed by atoms with Gasteiger partial charge in [0, 0.05) is 0 Å². The lowest BCUT2D eigenvalue weighted by Crippen LogP contribution is -2.25. The molecule has 1 atom stereocenters. The van der Waals surface area contributed by atoms with Gasteiger partial charge in [-0.25, -0.2) is 9.18 Å². The Bertz CT molecular complexity index is 348. The quantitative estimate of drug-likeness (QED) is 0.560. The molecule has 0 fully saturated rings. The van der Waals surface area contributed by atoms with E-state index in [1.54, 1.807) is 24.3 Å². The molecule has 1 aromatic rings. The highest BCUT2D eigenvalue weighted by atomic mass is 19.1. The van der Waals surface area contributed by atoms with Crippen molar-refractivity contribution in [2.45, 2.75) is 19.7 Å². The van der Waals surface area contributed by atoms with Crippen LogP contribution in [-0.4, -0.2) is 17.9 Å². The first-order valence-electron chi connectivity index (χ1n) is 4.46. The van der Waals surface area contributed by atoms with E-state index in [9.17, 15) is 14.0 Å². The van der Waals surface area contributed by atoms with Gasteiger partial charge >= 0.3 is 5.97 Å². The minimum absolute atomic E-state index is 0.0205. The van der Waals surface area contributed by atoms with Crippen LogP contribution in [-0.2, 0) is 20.9 Å². The Morgan fingerprint density at radius 2 is 1.93 bits per heavy atom. The number of alkyl halides is 1. The fraction of sp³-hybridized carbons (Fsp3) is 0.273. The van der Waals surface area contributed by atoms with Gasteiger partial charge in [0.25, 0.3) is 6.17 Å². The lowest BCUT2D eigenvalue weighted by molar-refractivity contribution is -0.153. The summed E-state index contributed by atoms with van der Waals surface area (Å²) < 4.78 is 17.4. The predicted octanol–water partition coefficient (Wildman–Crippen LogP) is 1.66. The molecule has 0 radical (unpaired) electrons. The molecule has 0 aliphatic heterocycles. The average molecular weight is 210 g/mol. The molecular formula is C11H11FO3. The number of esters is 1. The Balaban J connectivity index is 2.44. The highest BCUT2D eigenvalue weighted by Gasteiger charge is 2.23. The molecule has 0 spiro atoms. The van der Waals surface area contributed by atoms with Crippen molar-refractivity contribution < 1.29 is 18.7 Å². The van der Waals surface area contributed by atoms with Crippen molar-refractivity contribution >= 4 is 11.8 Å². The molecule has 0 N–H and O–H groups in total. The first-order chi connectivity index (χ1) is 7.11. The van der Waals surface area contributed by atoms with E-state index in [2.05, 4.69) is 4.74 Å². The number of carbonyl (C=O) groups excluding carboxylic acids is 2. The van der Waals surface area contributed by atoms with Crippen molar-refractivity contribution in [3.05, 3.63) is 35.9 Å². The fourth-order valence-corrected chi connectivity index (χ4v) is 0.968. The Morgan fingerprint density at radius 1 is 1.33 bits per heavy atom. The average Bonchev–Trinajstić information content (AvgIpc) is 2.26. The molecule has 1 aromatic carbocycles. The number of ketones is 1. The highest BCUT2D eigenvalue weighted by molar-refractivity contribution is 6.00. The maximum atomic E-state index is 12.8. The summed E-state index contributed by atoms with van der Waals surface area (Å²) in [6, 6.07) is 8.86. The maximum Gasteiger partial charge on any atom is 0.348 e. The Hall–Kier alpha value is -1.71. The molecule has 1 rings (SSSR count). The van der Waals surface area contributed by atoms with Crippen LogP contribution in [0.3, 0.4) is 0 Å². The Labute approximate surface area is 86.9 Å². The number of halogens is 1. The van der Waals surface area contributed by atoms with E-state index in [-0.39, 0.29) is 6.61 Å². The van der Waals surface area contributed by atoms with Gasteiger partial charge in [-0.2, -0.15) is 0 Å². The topological polar surface area (TPSA) is 43.4 Å². The summed E-state index contributed by atoms with van der Waals surface area (Å²) in [6.07, 6.45) is -2.17. The van der Waals surface area contributed by atoms with Crippen molar-refractivity contribution in [2.24, 2.45) is 0 Å². The van der Waals surface area contributed by atoms with E-state index in [0.717, 1.165) is 12.5 Å². The molecule has 0 aliphatic carbocycles. The van der Waals surface area contributed by atoms with Crippen LogP contribution in [0.15, 0.2) is 30.3 Å². The van der Waals surface area contributed by atoms with Crippen molar-refractivity contribution in [1.29, 1.82) is 0 Å². The van der Waals surface area contributed by atoms with Gasteiger partial charge in [0.1, 0.15) is 6.61 Å². The number of carbonyl (C=O) groups is 2. The van der Waals surface area contributed by atoms with E-state index in [4.69, 9.17) is 0 Å². The van der Waals surface area contributed by atoms with Gasteiger partial charge in [0.2, 0.25) is 0 Å². The van der Waals surface area contributed by atoms with Gasteiger partial charge in [0.05, 0.1) is 0 Å². The van der Waals surface area contributed by atoms with E-state index in [1.807, 2.05) is 6.07 Å². The monoisotopic (exact) mass is 210 g/mol. The second-order valence-corrected chi connectivity index (χ2v) is 3.07. The highest BCUT2D eigenvalue weighted by Crippen LogP contribution is 2.03. The molecule has 1 unspecified atom stereocenters. The minimum Gasteiger partial charge on any atom is -0.458 e. The molecule has 0 bridgehead atoms. The van der Waals surface area contributed by atoms with Gasteiger partial charge in [-0.05, 0) is 12.5 Å². The van der Waals surface area contributed by atoms with Crippen LogP contribution in [0, 0.1) is 0 Å². The van der Waals surface area contributed by atoms with Gasteiger partial charge < -0.3 is 4.74 Å². The second kappa shape index (κ2) is 5.24. The van der Waals surface area contributed by atoms with Crippen molar-refractivity contribution in [2.75, 3.05) is 0 Å². The van der Waals surface area contributed by atoms with Gasteiger partial charge in [-0.15, -0.1) is 0 Å². The number of benzene rings is 1. The smallest absolute Gasteiger partial charge is 0.348 e. The lowest BCUT2D eigenvalue weighted by atomic mass is 10.2. The van der Waals surface area contributed by atoms with Crippen LogP contribution in [0.25, 0.3) is 0 Å². The molecular weight excluding hydrogens is 199 g/mol. The summed E-state index contributed by atoms with van der Waals surface area (Å²) in [4.78, 5) is 21.5. The maximum absolute atomic E-state index is 12.8.